The van der Waals surface area contributed by atoms with Gasteiger partial charge in [0, 0.05) is 0 Å². The summed E-state index contributed by atoms with van der Waals surface area (Å²) in [6.45, 7) is 16.6. The van der Waals surface area contributed by atoms with Gasteiger partial charge in [0.1, 0.15) is 5.75 Å². The summed E-state index contributed by atoms with van der Waals surface area (Å²) in [5, 5.41) is 8.30. The second-order valence-electron chi connectivity index (χ2n) is 6.88. The van der Waals surface area contributed by atoms with Crippen LogP contribution in [0, 0.1) is 0 Å². The Morgan fingerprint density at radius 1 is 0.912 bits per heavy atom. The third kappa shape index (κ3) is 10.9. The van der Waals surface area contributed by atoms with Crippen molar-refractivity contribution < 1.29 is 9.15 Å². The Balaban J connectivity index is 0.000000934. The number of rotatable bonds is 7. The van der Waals surface area contributed by atoms with E-state index in [4.69, 9.17) is 14.9 Å². The molecule has 0 aliphatic carbocycles. The summed E-state index contributed by atoms with van der Waals surface area (Å²) in [5.74, 6) is 1.82. The van der Waals surface area contributed by atoms with Crippen molar-refractivity contribution in [3.63, 3.8) is 0 Å². The maximum atomic E-state index is 5.85. The number of allylic oxidation sites excluding steroid dienone is 4. The largest absolute Gasteiger partial charge is 0.496 e. The number of nitrogens with zero attached hydrogens (tertiary/aromatic N) is 2. The Morgan fingerprint density at radius 2 is 1.44 bits per heavy atom. The molecule has 0 bridgehead atoms. The molecule has 0 fully saturated rings. The minimum Gasteiger partial charge on any atom is -0.496 e. The number of ether oxygens (including phenoxy) is 1. The van der Waals surface area contributed by atoms with Crippen LogP contribution in [0.1, 0.15) is 69.5 Å². The Kier molecular flexibility index (Phi) is 17.1. The lowest BCUT2D eigenvalue weighted by atomic mass is 9.91. The summed E-state index contributed by atoms with van der Waals surface area (Å²) in [6, 6.07) is 17.8. The highest BCUT2D eigenvalue weighted by atomic mass is 16.5. The van der Waals surface area contributed by atoms with E-state index in [-0.39, 0.29) is 12.0 Å². The van der Waals surface area contributed by atoms with Crippen molar-refractivity contribution in [1.29, 1.82) is 0 Å². The number of benzene rings is 2. The van der Waals surface area contributed by atoms with Crippen LogP contribution < -0.4 is 10.5 Å². The highest BCUT2D eigenvalue weighted by Crippen LogP contribution is 2.31. The van der Waals surface area contributed by atoms with Crippen LogP contribution in [0.15, 0.2) is 96.5 Å². The first-order valence-corrected chi connectivity index (χ1v) is 11.6. The second kappa shape index (κ2) is 19.1. The molecule has 34 heavy (non-hydrogen) atoms. The summed E-state index contributed by atoms with van der Waals surface area (Å²) in [5.41, 5.74) is 8.05. The van der Waals surface area contributed by atoms with Gasteiger partial charge in [-0.2, -0.15) is 0 Å². The molecule has 0 aliphatic rings. The van der Waals surface area contributed by atoms with Crippen molar-refractivity contribution in [3.8, 4) is 5.75 Å². The van der Waals surface area contributed by atoms with E-state index in [2.05, 4.69) is 41.6 Å². The van der Waals surface area contributed by atoms with E-state index in [1.807, 2.05) is 83.2 Å². The van der Waals surface area contributed by atoms with Gasteiger partial charge in [-0.05, 0) is 44.4 Å². The van der Waals surface area contributed by atoms with E-state index < -0.39 is 0 Å². The molecular formula is C29H41N3O2. The van der Waals surface area contributed by atoms with Gasteiger partial charge >= 0.3 is 0 Å². The van der Waals surface area contributed by atoms with E-state index in [9.17, 15) is 0 Å². The Labute approximate surface area is 206 Å². The molecule has 5 nitrogen and oxygen atoms in total. The Hall–Kier alpha value is -3.44. The molecule has 0 saturated carbocycles. The van der Waals surface area contributed by atoms with Crippen molar-refractivity contribution in [2.45, 2.75) is 53.0 Å². The molecule has 0 aliphatic heterocycles. The van der Waals surface area contributed by atoms with Crippen molar-refractivity contribution in [2.24, 2.45) is 5.73 Å². The lowest BCUT2D eigenvalue weighted by Crippen LogP contribution is -2.07. The molecule has 5 heteroatoms. The van der Waals surface area contributed by atoms with E-state index in [0.29, 0.717) is 18.2 Å². The van der Waals surface area contributed by atoms with Crippen LogP contribution >= 0.6 is 0 Å². The van der Waals surface area contributed by atoms with E-state index in [1.165, 1.54) is 0 Å². The zero-order valence-electron chi connectivity index (χ0n) is 21.6. The molecule has 3 aromatic rings. The molecule has 0 radical (unpaired) electrons. The highest BCUT2D eigenvalue weighted by molar-refractivity contribution is 5.37. The zero-order valence-corrected chi connectivity index (χ0v) is 21.6. The van der Waals surface area contributed by atoms with Gasteiger partial charge in [0.2, 0.25) is 11.8 Å². The summed E-state index contributed by atoms with van der Waals surface area (Å²) in [4.78, 5) is 0. The number of nitrogens with two attached hydrogens (primary N) is 1. The van der Waals surface area contributed by atoms with E-state index in [1.54, 1.807) is 19.3 Å². The minimum atomic E-state index is -0.283. The van der Waals surface area contributed by atoms with Gasteiger partial charge in [-0.3, -0.25) is 0 Å². The number of aromatic nitrogens is 2. The zero-order chi connectivity index (χ0) is 25.8. The molecular weight excluding hydrogens is 422 g/mol. The summed E-state index contributed by atoms with van der Waals surface area (Å²) in [6.07, 6.45) is 7.98. The first-order valence-electron chi connectivity index (χ1n) is 11.6. The smallest absolute Gasteiger partial charge is 0.232 e. The van der Waals surface area contributed by atoms with Gasteiger partial charge < -0.3 is 14.9 Å². The van der Waals surface area contributed by atoms with Gasteiger partial charge in [-0.15, -0.1) is 10.2 Å². The second-order valence-corrected chi connectivity index (χ2v) is 6.88. The predicted molar refractivity (Wildman–Crippen MR) is 144 cm³/mol. The Bertz CT molecular complexity index is 937. The molecule has 1 aromatic heterocycles. The van der Waals surface area contributed by atoms with Crippen LogP contribution in [-0.2, 0) is 6.42 Å². The average molecular weight is 464 g/mol. The molecule has 3 rings (SSSR count). The van der Waals surface area contributed by atoms with Crippen LogP contribution in [0.2, 0.25) is 0 Å². The maximum absolute atomic E-state index is 5.85. The van der Waals surface area contributed by atoms with Crippen molar-refractivity contribution in [3.05, 3.63) is 115 Å². The summed E-state index contributed by atoms with van der Waals surface area (Å²) >= 11 is 0. The monoisotopic (exact) mass is 463 g/mol. The fraction of sp³-hybridized carbons (Fsp3) is 0.310. The van der Waals surface area contributed by atoms with Crippen LogP contribution in [0.5, 0.6) is 5.75 Å². The van der Waals surface area contributed by atoms with Crippen molar-refractivity contribution in [1.82, 2.24) is 10.2 Å². The number of para-hydroxylation sites is 1. The number of hydrogen-bond donors (Lipinski definition) is 1. The molecule has 184 valence electrons. The van der Waals surface area contributed by atoms with Gasteiger partial charge in [0.15, 0.2) is 0 Å². The van der Waals surface area contributed by atoms with E-state index >= 15 is 0 Å². The normalized spacial score (nSPS) is 11.4. The van der Waals surface area contributed by atoms with Crippen molar-refractivity contribution >= 4 is 0 Å². The van der Waals surface area contributed by atoms with Crippen LogP contribution in [0.3, 0.4) is 0 Å². The molecule has 2 unspecified atom stereocenters. The van der Waals surface area contributed by atoms with Crippen LogP contribution in [0.25, 0.3) is 0 Å². The van der Waals surface area contributed by atoms with Gasteiger partial charge in [-0.25, -0.2) is 0 Å². The van der Waals surface area contributed by atoms with Crippen LogP contribution in [-0.4, -0.2) is 17.3 Å². The summed E-state index contributed by atoms with van der Waals surface area (Å²) < 4.78 is 11.3. The molecule has 0 spiro atoms. The lowest BCUT2D eigenvalue weighted by Gasteiger charge is -2.16. The van der Waals surface area contributed by atoms with Gasteiger partial charge in [-0.1, -0.05) is 99.8 Å². The lowest BCUT2D eigenvalue weighted by molar-refractivity contribution is 0.398. The fourth-order valence-electron chi connectivity index (χ4n) is 2.70. The van der Waals surface area contributed by atoms with Crippen molar-refractivity contribution in [2.75, 3.05) is 7.11 Å². The topological polar surface area (TPSA) is 74.2 Å². The quantitative estimate of drug-likeness (QED) is 0.291. The third-order valence-corrected chi connectivity index (χ3v) is 4.46. The number of hydrogen-bond acceptors (Lipinski definition) is 5. The first-order chi connectivity index (χ1) is 16.5. The third-order valence-electron chi connectivity index (χ3n) is 4.46. The first kappa shape index (κ1) is 30.6. The molecule has 0 saturated heterocycles. The molecule has 0 amide bonds. The standard InChI is InChI=1S/C19H21N3O2.C4H8.C4H6.C2H6/c1-13(20)18-21-22-19(24-18)16(14-8-4-3-5-9-14)12-15-10-6-7-11-17(15)23-2;2*1-3-4-2;1-2/h3-11,13,16H,12,20H2,1-2H3;3-4H,1-2H3;3-4H,1-2H2;1-2H3/b;4-3+;;. The van der Waals surface area contributed by atoms with Gasteiger partial charge in [0.25, 0.3) is 0 Å². The SMILES string of the molecule is C/C=C/C.C=CC=C.CC.COc1ccccc1CC(c1ccccc1)c1nnc(C(C)N)o1. The Morgan fingerprint density at radius 3 is 1.91 bits per heavy atom. The van der Waals surface area contributed by atoms with Gasteiger partial charge in [0.05, 0.1) is 19.1 Å². The molecule has 2 atom stereocenters. The van der Waals surface area contributed by atoms with Crippen LogP contribution in [0.4, 0.5) is 0 Å². The average Bonchev–Trinajstić information content (AvgIpc) is 3.40. The molecule has 2 N–H and O–H groups in total. The number of methoxy groups -OCH3 is 1. The minimum absolute atomic E-state index is 0.0532. The van der Waals surface area contributed by atoms with E-state index in [0.717, 1.165) is 16.9 Å². The highest BCUT2D eigenvalue weighted by Gasteiger charge is 2.23. The molecule has 2 aromatic carbocycles. The predicted octanol–water partition coefficient (Wildman–Crippen LogP) is 7.44. The fourth-order valence-corrected chi connectivity index (χ4v) is 2.70. The summed E-state index contributed by atoms with van der Waals surface area (Å²) in [7, 11) is 1.68. The molecule has 1 heterocycles. The maximum Gasteiger partial charge on any atom is 0.232 e.